The molecule has 0 aromatic rings. The Bertz CT molecular complexity index is 1130. The number of carboxylic acids is 2. The fourth-order valence-corrected chi connectivity index (χ4v) is 4.96. The van der Waals surface area contributed by atoms with E-state index in [0.717, 1.165) is 4.90 Å². The molecule has 2 aliphatic rings. The van der Waals surface area contributed by atoms with E-state index in [1.807, 2.05) is 0 Å². The fraction of sp³-hybridized carbons (Fsp3) is 0.704. The number of aliphatic carboxylic acids is 2. The monoisotopic (exact) mass is 610 g/mol. The van der Waals surface area contributed by atoms with Crippen LogP contribution in [0.25, 0.3) is 0 Å². The summed E-state index contributed by atoms with van der Waals surface area (Å²) in [4.78, 5) is 104. The minimum atomic E-state index is -1.65. The Morgan fingerprint density at radius 3 is 1.84 bits per heavy atom. The molecule has 240 valence electrons. The van der Waals surface area contributed by atoms with Crippen molar-refractivity contribution in [2.75, 3.05) is 6.54 Å². The molecular weight excluding hydrogens is 568 g/mol. The first-order valence-corrected chi connectivity index (χ1v) is 14.3. The van der Waals surface area contributed by atoms with Crippen LogP contribution in [0, 0.1) is 11.8 Å². The Morgan fingerprint density at radius 1 is 0.744 bits per heavy atom. The number of carboxylic acid groups (broad SMARTS) is 2. The van der Waals surface area contributed by atoms with E-state index < -0.39 is 102 Å². The van der Waals surface area contributed by atoms with Crippen LogP contribution in [0.4, 0.5) is 0 Å². The first kappa shape index (κ1) is 35.0. The summed E-state index contributed by atoms with van der Waals surface area (Å²) in [6, 6.07) is -7.99. The average Bonchev–Trinajstić information content (AvgIpc) is 3.38. The first-order chi connectivity index (χ1) is 20.0. The molecule has 2 rings (SSSR count). The van der Waals surface area contributed by atoms with Gasteiger partial charge in [-0.05, 0) is 38.0 Å². The molecule has 0 aromatic carbocycles. The number of hydrogen-bond acceptors (Lipinski definition) is 8. The summed E-state index contributed by atoms with van der Waals surface area (Å²) < 4.78 is 0. The van der Waals surface area contributed by atoms with Gasteiger partial charge in [0.25, 0.3) is 0 Å². The third-order valence-electron chi connectivity index (χ3n) is 7.18. The van der Waals surface area contributed by atoms with Gasteiger partial charge < -0.3 is 41.7 Å². The third-order valence-corrected chi connectivity index (χ3v) is 7.18. The molecule has 6 amide bonds. The van der Waals surface area contributed by atoms with Crippen LogP contribution in [0.1, 0.15) is 66.7 Å². The summed E-state index contributed by atoms with van der Waals surface area (Å²) in [5.74, 6) is -8.57. The van der Waals surface area contributed by atoms with E-state index in [4.69, 9.17) is 0 Å². The van der Waals surface area contributed by atoms with Crippen molar-refractivity contribution in [2.24, 2.45) is 11.8 Å². The molecule has 0 unspecified atom stereocenters. The quantitative estimate of drug-likeness (QED) is 0.169. The predicted octanol–water partition coefficient (Wildman–Crippen LogP) is -1.91. The SMILES string of the molecule is CC(C)C[C@@H]1NC(=O)[C@H](C)NC(=O)[C@H]2CCCN2C(=O)[C@H](CC(=O)O)NC(=O)[C@H](C(C)C)NC(=O)[C@H](CC(=O)O)NC1=O. The van der Waals surface area contributed by atoms with Crippen molar-refractivity contribution in [3.8, 4) is 0 Å². The summed E-state index contributed by atoms with van der Waals surface area (Å²) in [7, 11) is 0. The molecule has 2 heterocycles. The zero-order valence-corrected chi connectivity index (χ0v) is 25.0. The van der Waals surface area contributed by atoms with Gasteiger partial charge in [-0.2, -0.15) is 0 Å². The number of carbonyl (C=O) groups excluding carboxylic acids is 6. The molecule has 0 spiro atoms. The maximum atomic E-state index is 13.5. The van der Waals surface area contributed by atoms with Gasteiger partial charge in [0.2, 0.25) is 35.4 Å². The number of amides is 6. The molecule has 16 nitrogen and oxygen atoms in total. The normalized spacial score (nSPS) is 28.2. The Labute approximate surface area is 249 Å². The molecule has 0 bridgehead atoms. The van der Waals surface area contributed by atoms with Crippen molar-refractivity contribution in [2.45, 2.75) is 103 Å². The lowest BCUT2D eigenvalue weighted by molar-refractivity contribution is -0.146. The standard InChI is InChI=1S/C27H42N6O10/c1-12(2)9-15-23(39)30-16(10-19(34)35)24(40)32-21(13(3)4)26(42)31-17(11-20(36)37)27(43)33-8-6-7-18(33)25(41)28-14(5)22(38)29-15/h12-18,21H,6-11H2,1-5H3,(H,28,41)(H,29,38)(H,30,39)(H,31,42)(H,32,40)(H,34,35)(H,36,37)/t14-,15-,16-,17-,18+,21-/m0/s1. The van der Waals surface area contributed by atoms with Crippen molar-refractivity contribution >= 4 is 47.4 Å². The molecule has 16 heteroatoms. The van der Waals surface area contributed by atoms with Gasteiger partial charge in [0.1, 0.15) is 36.3 Å². The number of hydrogen-bond donors (Lipinski definition) is 7. The van der Waals surface area contributed by atoms with Crippen LogP contribution in [0.15, 0.2) is 0 Å². The van der Waals surface area contributed by atoms with Crippen LogP contribution in [0.5, 0.6) is 0 Å². The lowest BCUT2D eigenvalue weighted by Crippen LogP contribution is -2.62. The molecule has 6 atom stereocenters. The molecule has 7 N–H and O–H groups in total. The first-order valence-electron chi connectivity index (χ1n) is 14.3. The fourth-order valence-electron chi connectivity index (χ4n) is 4.96. The molecule has 0 aromatic heterocycles. The Hall–Kier alpha value is -4.24. The summed E-state index contributed by atoms with van der Waals surface area (Å²) in [6.07, 6.45) is -0.915. The van der Waals surface area contributed by atoms with Crippen molar-refractivity contribution in [1.82, 2.24) is 31.5 Å². The molecule has 0 radical (unpaired) electrons. The highest BCUT2D eigenvalue weighted by atomic mass is 16.4. The van der Waals surface area contributed by atoms with Crippen LogP contribution in [0.3, 0.4) is 0 Å². The van der Waals surface area contributed by atoms with Gasteiger partial charge in [-0.3, -0.25) is 38.4 Å². The maximum absolute atomic E-state index is 13.5. The molecule has 2 aliphatic heterocycles. The van der Waals surface area contributed by atoms with E-state index in [0.29, 0.717) is 6.42 Å². The Kier molecular flexibility index (Phi) is 12.4. The summed E-state index contributed by atoms with van der Waals surface area (Å²) >= 11 is 0. The minimum absolute atomic E-state index is 0.0985. The summed E-state index contributed by atoms with van der Waals surface area (Å²) in [6.45, 7) is 8.16. The van der Waals surface area contributed by atoms with Crippen LogP contribution in [-0.2, 0) is 38.4 Å². The molecule has 2 fully saturated rings. The van der Waals surface area contributed by atoms with E-state index in [2.05, 4.69) is 26.6 Å². The average molecular weight is 611 g/mol. The predicted molar refractivity (Wildman–Crippen MR) is 149 cm³/mol. The van der Waals surface area contributed by atoms with Crippen molar-refractivity contribution in [1.29, 1.82) is 0 Å². The summed E-state index contributed by atoms with van der Waals surface area (Å²) in [5.41, 5.74) is 0. The Morgan fingerprint density at radius 2 is 1.28 bits per heavy atom. The maximum Gasteiger partial charge on any atom is 0.305 e. The van der Waals surface area contributed by atoms with Crippen LogP contribution in [0.2, 0.25) is 0 Å². The van der Waals surface area contributed by atoms with Crippen molar-refractivity contribution < 1.29 is 48.6 Å². The van der Waals surface area contributed by atoms with E-state index >= 15 is 0 Å². The van der Waals surface area contributed by atoms with Gasteiger partial charge in [0.15, 0.2) is 0 Å². The van der Waals surface area contributed by atoms with Crippen LogP contribution in [-0.4, -0.2) is 105 Å². The van der Waals surface area contributed by atoms with E-state index in [1.165, 1.54) is 6.92 Å². The third kappa shape index (κ3) is 9.92. The topological polar surface area (TPSA) is 240 Å². The highest BCUT2D eigenvalue weighted by molar-refractivity contribution is 5.99. The van der Waals surface area contributed by atoms with E-state index in [-0.39, 0.29) is 25.3 Å². The van der Waals surface area contributed by atoms with Gasteiger partial charge in [0.05, 0.1) is 12.8 Å². The van der Waals surface area contributed by atoms with Gasteiger partial charge in [-0.1, -0.05) is 27.7 Å². The molecule has 2 saturated heterocycles. The van der Waals surface area contributed by atoms with Crippen molar-refractivity contribution in [3.05, 3.63) is 0 Å². The van der Waals surface area contributed by atoms with Crippen LogP contribution < -0.4 is 26.6 Å². The smallest absolute Gasteiger partial charge is 0.305 e. The second kappa shape index (κ2) is 15.3. The van der Waals surface area contributed by atoms with Crippen molar-refractivity contribution in [3.63, 3.8) is 0 Å². The second-order valence-corrected chi connectivity index (χ2v) is 11.7. The lowest BCUT2D eigenvalue weighted by Gasteiger charge is -2.31. The molecule has 43 heavy (non-hydrogen) atoms. The zero-order chi connectivity index (χ0) is 32.6. The number of nitrogens with zero attached hydrogens (tertiary/aromatic N) is 1. The van der Waals surface area contributed by atoms with Gasteiger partial charge in [0, 0.05) is 6.54 Å². The van der Waals surface area contributed by atoms with Gasteiger partial charge in [-0.15, -0.1) is 0 Å². The Balaban J connectivity index is 2.56. The number of rotatable bonds is 7. The molecule has 0 aliphatic carbocycles. The highest BCUT2D eigenvalue weighted by Gasteiger charge is 2.41. The van der Waals surface area contributed by atoms with E-state index in [1.54, 1.807) is 27.7 Å². The minimum Gasteiger partial charge on any atom is -0.481 e. The lowest BCUT2D eigenvalue weighted by atomic mass is 10.00. The second-order valence-electron chi connectivity index (χ2n) is 11.7. The number of nitrogens with one attached hydrogen (secondary N) is 5. The number of fused-ring (bicyclic) bond motifs is 1. The zero-order valence-electron chi connectivity index (χ0n) is 25.0. The summed E-state index contributed by atoms with van der Waals surface area (Å²) in [5, 5.41) is 31.0. The molecular formula is C27H42N6O10. The van der Waals surface area contributed by atoms with Crippen LogP contribution >= 0.6 is 0 Å². The van der Waals surface area contributed by atoms with E-state index in [9.17, 15) is 48.6 Å². The largest absolute Gasteiger partial charge is 0.481 e. The van der Waals surface area contributed by atoms with Gasteiger partial charge in [-0.25, -0.2) is 0 Å². The molecule has 0 saturated carbocycles. The van der Waals surface area contributed by atoms with Gasteiger partial charge >= 0.3 is 11.9 Å². The number of carbonyl (C=O) groups is 8. The highest BCUT2D eigenvalue weighted by Crippen LogP contribution is 2.20.